The fraction of sp³-hybridized carbons (Fsp3) is 0.179. The van der Waals surface area contributed by atoms with Crippen LogP contribution in [0.25, 0.3) is 22.3 Å². The van der Waals surface area contributed by atoms with E-state index in [1.807, 2.05) is 24.3 Å². The second kappa shape index (κ2) is 16.4. The predicted octanol–water partition coefficient (Wildman–Crippen LogP) is 13.3. The molecule has 290 valence electrons. The zero-order valence-corrected chi connectivity index (χ0v) is 28.0. The Hall–Kier alpha value is -5.67. The van der Waals surface area contributed by atoms with Gasteiger partial charge in [-0.25, -0.2) is 26.3 Å². The fourth-order valence-corrected chi connectivity index (χ4v) is 5.40. The molecular weight excluding hydrogens is 763 g/mol. The van der Waals surface area contributed by atoms with E-state index in [0.29, 0.717) is 23.3 Å². The van der Waals surface area contributed by atoms with E-state index in [4.69, 9.17) is 0 Å². The summed E-state index contributed by atoms with van der Waals surface area (Å²) in [5.74, 6) is -15.8. The Morgan fingerprint density at radius 2 is 1.07 bits per heavy atom. The van der Waals surface area contributed by atoms with Crippen molar-refractivity contribution >= 4 is 0 Å². The van der Waals surface area contributed by atoms with Gasteiger partial charge in [-0.3, -0.25) is 0 Å². The van der Waals surface area contributed by atoms with Gasteiger partial charge in [-0.15, -0.1) is 0 Å². The molecule has 0 heterocycles. The molecule has 0 atom stereocenters. The summed E-state index contributed by atoms with van der Waals surface area (Å²) in [6.07, 6.45) is -8.84. The van der Waals surface area contributed by atoms with Gasteiger partial charge >= 0.3 is 24.3 Å². The van der Waals surface area contributed by atoms with E-state index in [-0.39, 0.29) is 35.4 Å². The summed E-state index contributed by atoms with van der Waals surface area (Å²) in [5, 5.41) is 0. The van der Waals surface area contributed by atoms with Crippen LogP contribution in [0.1, 0.15) is 42.9 Å². The van der Waals surface area contributed by atoms with Crippen LogP contribution in [-0.4, -0.2) is 0 Å². The van der Waals surface area contributed by atoms with Gasteiger partial charge in [0.1, 0.15) is 40.3 Å². The number of alkyl halides is 4. The van der Waals surface area contributed by atoms with E-state index in [9.17, 15) is 39.5 Å². The van der Waals surface area contributed by atoms with Gasteiger partial charge in [0.25, 0.3) is 0 Å². The first-order valence-corrected chi connectivity index (χ1v) is 16.1. The van der Waals surface area contributed by atoms with Crippen molar-refractivity contribution in [2.24, 2.45) is 0 Å². The first kappa shape index (κ1) is 40.5. The zero-order chi connectivity index (χ0) is 40.2. The molecule has 0 saturated carbocycles. The average Bonchev–Trinajstić information content (AvgIpc) is 3.09. The smallest absolute Gasteiger partial charge is 0.429 e. The van der Waals surface area contributed by atoms with E-state index < -0.39 is 87.6 Å². The molecule has 0 aromatic heterocycles. The van der Waals surface area contributed by atoms with E-state index in [2.05, 4.69) is 21.1 Å². The van der Waals surface area contributed by atoms with Crippen LogP contribution in [0.4, 0.5) is 57.1 Å². The lowest BCUT2D eigenvalue weighted by Crippen LogP contribution is -2.26. The minimum atomic E-state index is -5.12. The lowest BCUT2D eigenvalue weighted by molar-refractivity contribution is -0.191. The Bertz CT molecular complexity index is 2170. The molecule has 5 rings (SSSR count). The molecule has 0 fully saturated rings. The lowest BCUT2D eigenvalue weighted by Gasteiger charge is -2.22. The first-order valence-electron chi connectivity index (χ1n) is 16.1. The summed E-state index contributed by atoms with van der Waals surface area (Å²) in [6.45, 7) is 2.10. The standard InChI is InChI=1S/C39H25F13O3/c1-2-3-4-5-20-6-8-21(9-7-20)22-10-12-26(28(40)14-22)23-11-13-27(29(41)15-23)38(49,50)54-24-16-30(42)34(31(43)17-24)39(51,52)55-25-18-32(44)35(33(45)19-25)53-37(48)36(46)47/h6-19H,2-5H2,1H3. The van der Waals surface area contributed by atoms with Gasteiger partial charge in [-0.2, -0.15) is 30.7 Å². The summed E-state index contributed by atoms with van der Waals surface area (Å²) in [6, 6.07) is 10.3. The number of unbranched alkanes of at least 4 members (excludes halogenated alkanes) is 2. The maximum atomic E-state index is 15.2. The van der Waals surface area contributed by atoms with Crippen molar-refractivity contribution in [3.63, 3.8) is 0 Å². The summed E-state index contributed by atoms with van der Waals surface area (Å²) < 4.78 is 197. The molecule has 0 unspecified atom stereocenters. The second-order valence-electron chi connectivity index (χ2n) is 11.9. The van der Waals surface area contributed by atoms with Gasteiger partial charge in [0.15, 0.2) is 11.6 Å². The van der Waals surface area contributed by atoms with Crippen molar-refractivity contribution < 1.29 is 71.3 Å². The Morgan fingerprint density at radius 3 is 1.62 bits per heavy atom. The number of hydrogen-bond donors (Lipinski definition) is 0. The van der Waals surface area contributed by atoms with Crippen LogP contribution in [-0.2, 0) is 18.6 Å². The lowest BCUT2D eigenvalue weighted by atomic mass is 9.97. The van der Waals surface area contributed by atoms with E-state index >= 15 is 17.6 Å². The number of halogens is 13. The highest BCUT2D eigenvalue weighted by Gasteiger charge is 2.43. The molecule has 0 aliphatic heterocycles. The van der Waals surface area contributed by atoms with E-state index in [1.54, 1.807) is 6.07 Å². The van der Waals surface area contributed by atoms with Crippen LogP contribution in [0.15, 0.2) is 97.0 Å². The van der Waals surface area contributed by atoms with Crippen molar-refractivity contribution in [3.05, 3.63) is 149 Å². The van der Waals surface area contributed by atoms with Gasteiger partial charge in [0.05, 0.1) is 5.56 Å². The van der Waals surface area contributed by atoms with Crippen molar-refractivity contribution in [2.45, 2.75) is 44.8 Å². The Kier molecular flexibility index (Phi) is 12.1. The minimum absolute atomic E-state index is 0.123. The maximum Gasteiger partial charge on any atom is 0.432 e. The molecule has 0 N–H and O–H groups in total. The fourth-order valence-electron chi connectivity index (χ4n) is 5.40. The Labute approximate surface area is 304 Å². The molecule has 55 heavy (non-hydrogen) atoms. The second-order valence-corrected chi connectivity index (χ2v) is 11.9. The largest absolute Gasteiger partial charge is 0.432 e. The van der Waals surface area contributed by atoms with Crippen LogP contribution in [0.3, 0.4) is 0 Å². The minimum Gasteiger partial charge on any atom is -0.429 e. The molecule has 0 aliphatic carbocycles. The van der Waals surface area contributed by atoms with Gasteiger partial charge < -0.3 is 14.2 Å². The molecule has 0 radical (unpaired) electrons. The topological polar surface area (TPSA) is 27.7 Å². The van der Waals surface area contributed by atoms with Crippen LogP contribution in [0, 0.1) is 34.9 Å². The average molecular weight is 789 g/mol. The molecule has 16 heteroatoms. The Balaban J connectivity index is 1.31. The summed E-state index contributed by atoms with van der Waals surface area (Å²) >= 11 is 0. The highest BCUT2D eigenvalue weighted by atomic mass is 19.3. The Morgan fingerprint density at radius 1 is 0.545 bits per heavy atom. The van der Waals surface area contributed by atoms with Crippen molar-refractivity contribution in [3.8, 4) is 39.5 Å². The monoisotopic (exact) mass is 788 g/mol. The van der Waals surface area contributed by atoms with Crippen molar-refractivity contribution in [1.29, 1.82) is 0 Å². The molecule has 0 amide bonds. The highest BCUT2D eigenvalue weighted by molar-refractivity contribution is 5.71. The molecule has 0 spiro atoms. The van der Waals surface area contributed by atoms with Gasteiger partial charge in [-0.1, -0.05) is 62.2 Å². The summed E-state index contributed by atoms with van der Waals surface area (Å²) in [4.78, 5) is 0. The van der Waals surface area contributed by atoms with Crippen molar-refractivity contribution in [1.82, 2.24) is 0 Å². The summed E-state index contributed by atoms with van der Waals surface area (Å²) in [7, 11) is 0. The molecule has 5 aromatic rings. The SMILES string of the molecule is CCCCCc1ccc(-c2ccc(-c3ccc(C(F)(F)Oc4cc(F)c(C(F)(F)Oc5cc(F)c(OC(F)=C(F)F)c(F)c5)c(F)c4)c(F)c3)c(F)c2)cc1. The third-order valence-corrected chi connectivity index (χ3v) is 8.03. The number of hydrogen-bond acceptors (Lipinski definition) is 3. The molecule has 0 bridgehead atoms. The number of rotatable bonds is 14. The molecule has 5 aromatic carbocycles. The first-order chi connectivity index (χ1) is 25.9. The predicted molar refractivity (Wildman–Crippen MR) is 173 cm³/mol. The molecular formula is C39H25F13O3. The van der Waals surface area contributed by atoms with Crippen LogP contribution < -0.4 is 14.2 Å². The normalized spacial score (nSPS) is 11.7. The molecule has 0 saturated heterocycles. The van der Waals surface area contributed by atoms with Crippen LogP contribution in [0.5, 0.6) is 17.2 Å². The summed E-state index contributed by atoms with van der Waals surface area (Å²) in [5.41, 5.74) is -1.73. The zero-order valence-electron chi connectivity index (χ0n) is 28.0. The number of benzene rings is 5. The van der Waals surface area contributed by atoms with Gasteiger partial charge in [0.2, 0.25) is 5.75 Å². The van der Waals surface area contributed by atoms with E-state index in [1.165, 1.54) is 12.1 Å². The van der Waals surface area contributed by atoms with Crippen LogP contribution in [0.2, 0.25) is 0 Å². The number of aryl methyl sites for hydroxylation is 1. The van der Waals surface area contributed by atoms with Gasteiger partial charge in [-0.05, 0) is 53.3 Å². The maximum absolute atomic E-state index is 15.2. The van der Waals surface area contributed by atoms with E-state index in [0.717, 1.165) is 37.3 Å². The van der Waals surface area contributed by atoms with Crippen molar-refractivity contribution in [2.75, 3.05) is 0 Å². The molecule has 0 aliphatic rings. The molecule has 3 nitrogen and oxygen atoms in total. The van der Waals surface area contributed by atoms with Crippen LogP contribution >= 0.6 is 0 Å². The highest BCUT2D eigenvalue weighted by Crippen LogP contribution is 2.41. The quantitative estimate of drug-likeness (QED) is 0.0637. The van der Waals surface area contributed by atoms with Gasteiger partial charge in [0, 0.05) is 29.8 Å². The number of ether oxygens (including phenoxy) is 3. The third-order valence-electron chi connectivity index (χ3n) is 8.03. The third kappa shape index (κ3) is 9.35.